The first-order chi connectivity index (χ1) is 37.7. The molecular weight excluding hydrogens is 923 g/mol. The normalized spacial score (nSPS) is 16.8. The smallest absolute Gasteiger partial charge is 0.240 e. The summed E-state index contributed by atoms with van der Waals surface area (Å²) in [5.41, 5.74) is 19.1. The molecule has 1 aliphatic heterocycles. The van der Waals surface area contributed by atoms with Gasteiger partial charge in [0.2, 0.25) is 11.9 Å². The third-order valence-electron chi connectivity index (χ3n) is 16.9. The van der Waals surface area contributed by atoms with Crippen molar-refractivity contribution in [2.75, 3.05) is 4.90 Å². The predicted octanol–water partition coefficient (Wildman–Crippen LogP) is 16.1. The summed E-state index contributed by atoms with van der Waals surface area (Å²) in [5, 5.41) is 2.28. The van der Waals surface area contributed by atoms with Crippen LogP contribution in [0.2, 0.25) is 0 Å². The number of hydrogen-bond donors (Lipinski definition) is 0. The number of fused-ring (bicyclic) bond motifs is 12. The average molecular weight is 970 g/mol. The van der Waals surface area contributed by atoms with Crippen LogP contribution in [0.15, 0.2) is 273 Å². The second kappa shape index (κ2) is 16.4. The second-order valence-corrected chi connectivity index (χ2v) is 20.6. The van der Waals surface area contributed by atoms with Crippen LogP contribution < -0.4 is 4.90 Å². The highest BCUT2D eigenvalue weighted by Gasteiger charge is 2.50. The Morgan fingerprint density at radius 3 is 1.45 bits per heavy atom. The van der Waals surface area contributed by atoms with Crippen molar-refractivity contribution in [3.05, 3.63) is 323 Å². The van der Waals surface area contributed by atoms with Crippen molar-refractivity contribution >= 4 is 33.4 Å². The molecule has 0 saturated heterocycles. The number of aromatic nitrogens is 4. The Bertz CT molecular complexity index is 4270. The van der Waals surface area contributed by atoms with Gasteiger partial charge in [0, 0.05) is 27.9 Å². The molecule has 16 rings (SSSR count). The van der Waals surface area contributed by atoms with Crippen molar-refractivity contribution in [2.24, 2.45) is 0 Å². The summed E-state index contributed by atoms with van der Waals surface area (Å²) in [6.07, 6.45) is 9.06. The first-order valence-corrected chi connectivity index (χ1v) is 26.4. The highest BCUT2D eigenvalue weighted by atomic mass is 15.3. The van der Waals surface area contributed by atoms with Crippen LogP contribution in [0.3, 0.4) is 0 Å². The molecule has 0 N–H and O–H groups in total. The highest BCUT2D eigenvalue weighted by molar-refractivity contribution is 6.12. The molecule has 0 spiro atoms. The molecule has 12 aromatic rings. The lowest BCUT2D eigenvalue weighted by molar-refractivity contribution is 0.725. The van der Waals surface area contributed by atoms with Gasteiger partial charge in [-0.3, -0.25) is 4.57 Å². The molecule has 4 aliphatic rings. The van der Waals surface area contributed by atoms with Crippen LogP contribution in [0.25, 0.3) is 61.4 Å². The molecule has 3 aliphatic carbocycles. The molecule has 10 aromatic carbocycles. The van der Waals surface area contributed by atoms with Gasteiger partial charge < -0.3 is 4.90 Å². The Balaban J connectivity index is 0.975. The lowest BCUT2D eigenvalue weighted by atomic mass is 9.67. The number of nitrogens with zero attached hydrogens (tertiary/aromatic N) is 5. The van der Waals surface area contributed by atoms with Crippen LogP contribution in [-0.2, 0) is 10.8 Å². The van der Waals surface area contributed by atoms with Crippen molar-refractivity contribution in [2.45, 2.75) is 22.8 Å². The maximum absolute atomic E-state index is 5.75. The van der Waals surface area contributed by atoms with Gasteiger partial charge in [0.25, 0.3) is 0 Å². The van der Waals surface area contributed by atoms with Crippen LogP contribution in [0.4, 0.5) is 11.6 Å². The molecule has 5 nitrogen and oxygen atoms in total. The molecule has 0 saturated carbocycles. The molecule has 2 atom stereocenters. The van der Waals surface area contributed by atoms with Gasteiger partial charge in [-0.05, 0) is 103 Å². The number of hydrogen-bond acceptors (Lipinski definition) is 4. The maximum Gasteiger partial charge on any atom is 0.240 e. The maximum atomic E-state index is 5.75. The van der Waals surface area contributed by atoms with E-state index in [4.69, 9.17) is 15.0 Å². The van der Waals surface area contributed by atoms with Gasteiger partial charge in [-0.2, -0.15) is 15.0 Å². The first-order valence-electron chi connectivity index (χ1n) is 26.4. The fourth-order valence-electron chi connectivity index (χ4n) is 13.9. The molecule has 0 fully saturated rings. The molecule has 0 bridgehead atoms. The molecule has 2 unspecified atom stereocenters. The van der Waals surface area contributed by atoms with E-state index in [0.717, 1.165) is 33.1 Å². The van der Waals surface area contributed by atoms with Gasteiger partial charge in [0.15, 0.2) is 5.82 Å². The third-order valence-corrected chi connectivity index (χ3v) is 16.9. The van der Waals surface area contributed by atoms with Gasteiger partial charge in [-0.15, -0.1) is 0 Å². The summed E-state index contributed by atoms with van der Waals surface area (Å²) in [7, 11) is 0. The van der Waals surface area contributed by atoms with E-state index < -0.39 is 10.8 Å². The molecule has 76 heavy (non-hydrogen) atoms. The quantitative estimate of drug-likeness (QED) is 0.160. The van der Waals surface area contributed by atoms with Crippen LogP contribution in [0.5, 0.6) is 0 Å². The van der Waals surface area contributed by atoms with Crippen LogP contribution in [0, 0.1) is 0 Å². The van der Waals surface area contributed by atoms with E-state index in [1.807, 2.05) is 0 Å². The van der Waals surface area contributed by atoms with Gasteiger partial charge in [0.1, 0.15) is 0 Å². The summed E-state index contributed by atoms with van der Waals surface area (Å²) in [6.45, 7) is 0. The van der Waals surface area contributed by atoms with E-state index in [1.165, 1.54) is 72.3 Å². The minimum absolute atomic E-state index is 0.0582. The van der Waals surface area contributed by atoms with Crippen molar-refractivity contribution in [3.63, 3.8) is 0 Å². The summed E-state index contributed by atoms with van der Waals surface area (Å²) in [5.74, 6) is 1.83. The van der Waals surface area contributed by atoms with Crippen molar-refractivity contribution in [3.8, 4) is 39.6 Å². The largest absolute Gasteiger partial charge is 0.302 e. The Hall–Kier alpha value is -9.71. The summed E-state index contributed by atoms with van der Waals surface area (Å²) in [4.78, 5) is 19.2. The number of rotatable bonds is 7. The van der Waals surface area contributed by atoms with Crippen molar-refractivity contribution in [1.82, 2.24) is 19.5 Å². The molecule has 0 radical (unpaired) electrons. The van der Waals surface area contributed by atoms with E-state index >= 15 is 0 Å². The van der Waals surface area contributed by atoms with E-state index in [1.54, 1.807) is 0 Å². The SMILES string of the molecule is C1=CC2c3cc4c(cc3N(c3nc(-c5ccccc5)nc(-n5c6ccccc6c6cc7c(cc65)C(c5ccccc5)(c5ccccc5)c5ccccc5-7)n3)C2C=C1)C(c1ccccc1)(c1ccccc1)c1ccccc1-4. The van der Waals surface area contributed by atoms with Gasteiger partial charge >= 0.3 is 0 Å². The number of allylic oxidation sites excluding steroid dienone is 2. The van der Waals surface area contributed by atoms with Crippen LogP contribution in [0.1, 0.15) is 56.0 Å². The Kier molecular flexibility index (Phi) is 9.23. The third kappa shape index (κ3) is 5.82. The minimum atomic E-state index is -0.590. The fraction of sp³-hybridized carbons (Fsp3) is 0.0563. The van der Waals surface area contributed by atoms with Gasteiger partial charge in [0.05, 0.1) is 27.9 Å². The topological polar surface area (TPSA) is 46.8 Å². The van der Waals surface area contributed by atoms with Crippen LogP contribution in [-0.4, -0.2) is 25.6 Å². The van der Waals surface area contributed by atoms with Crippen LogP contribution >= 0.6 is 0 Å². The first kappa shape index (κ1) is 42.8. The Morgan fingerprint density at radius 2 is 0.842 bits per heavy atom. The summed E-state index contributed by atoms with van der Waals surface area (Å²) in [6, 6.07) is 91.0. The lowest BCUT2D eigenvalue weighted by Gasteiger charge is -2.34. The zero-order chi connectivity index (χ0) is 50.0. The highest BCUT2D eigenvalue weighted by Crippen LogP contribution is 2.61. The van der Waals surface area contributed by atoms with E-state index in [0.29, 0.717) is 17.7 Å². The molecule has 356 valence electrons. The Morgan fingerprint density at radius 1 is 0.355 bits per heavy atom. The van der Waals surface area contributed by atoms with E-state index in [2.05, 4.69) is 282 Å². The lowest BCUT2D eigenvalue weighted by Crippen LogP contribution is -2.31. The number of para-hydroxylation sites is 1. The zero-order valence-corrected chi connectivity index (χ0v) is 41.4. The zero-order valence-electron chi connectivity index (χ0n) is 41.4. The summed E-state index contributed by atoms with van der Waals surface area (Å²) >= 11 is 0. The molecule has 5 heteroatoms. The summed E-state index contributed by atoms with van der Waals surface area (Å²) < 4.78 is 2.30. The monoisotopic (exact) mass is 969 g/mol. The molecule has 2 aromatic heterocycles. The molecular formula is C71H47N5. The van der Waals surface area contributed by atoms with Crippen molar-refractivity contribution < 1.29 is 0 Å². The molecule has 0 amide bonds. The fourth-order valence-corrected chi connectivity index (χ4v) is 13.9. The van der Waals surface area contributed by atoms with Gasteiger partial charge in [-0.1, -0.05) is 243 Å². The molecule has 3 heterocycles. The van der Waals surface area contributed by atoms with Crippen molar-refractivity contribution in [1.29, 1.82) is 0 Å². The van der Waals surface area contributed by atoms with E-state index in [-0.39, 0.29) is 12.0 Å². The minimum Gasteiger partial charge on any atom is -0.302 e. The Labute approximate surface area is 441 Å². The number of anilines is 2. The second-order valence-electron chi connectivity index (χ2n) is 20.6. The van der Waals surface area contributed by atoms with Gasteiger partial charge in [-0.25, -0.2) is 0 Å². The van der Waals surface area contributed by atoms with E-state index in [9.17, 15) is 0 Å². The predicted molar refractivity (Wildman–Crippen MR) is 308 cm³/mol. The average Bonchev–Trinajstić information content (AvgIpc) is 4.38. The number of benzene rings is 10. The standard InChI is InChI=1S/C71H47N5/c1-6-24-46(25-7-1)67-72-68(75-63-40-22-18-36-53(63)57-42-55-51-34-16-20-38-59(51)70(61(55)44-65(57)75,47-26-8-2-9-27-47)48-28-10-3-11-29-48)74-69(73-67)76-64-41-23-19-37-54(64)58-43-56-52-35-17-21-39-60(52)71(62(56)45-66(58)76,49-30-12-4-13-31-49)50-32-14-5-15-33-50/h1-45,53,63H.